The summed E-state index contributed by atoms with van der Waals surface area (Å²) in [5.41, 5.74) is 3.08. The molecule has 3 aromatic carbocycles. The first-order valence-corrected chi connectivity index (χ1v) is 9.53. The molecule has 4 heteroatoms. The van der Waals surface area contributed by atoms with Gasteiger partial charge < -0.3 is 5.32 Å². The molecule has 3 nitrogen and oxygen atoms in total. The molecule has 0 radical (unpaired) electrons. The van der Waals surface area contributed by atoms with Gasteiger partial charge in [0.05, 0.1) is 17.9 Å². The molecule has 1 atom stereocenters. The predicted octanol–water partition coefficient (Wildman–Crippen LogP) is 5.17. The highest BCUT2D eigenvalue weighted by Gasteiger charge is 2.27. The zero-order valence-corrected chi connectivity index (χ0v) is 15.4. The van der Waals surface area contributed by atoms with E-state index in [4.69, 9.17) is 0 Å². The van der Waals surface area contributed by atoms with Crippen molar-refractivity contribution in [2.24, 2.45) is 0 Å². The summed E-state index contributed by atoms with van der Waals surface area (Å²) in [6, 6.07) is 26.4. The molecule has 1 heterocycles. The van der Waals surface area contributed by atoms with Gasteiger partial charge in [-0.25, -0.2) is 0 Å². The minimum Gasteiger partial charge on any atom is -0.302 e. The summed E-state index contributed by atoms with van der Waals surface area (Å²) in [4.78, 5) is 17.2. The van der Waals surface area contributed by atoms with Crippen LogP contribution in [0.3, 0.4) is 0 Å². The van der Waals surface area contributed by atoms with E-state index >= 15 is 0 Å². The molecule has 0 aliphatic carbocycles. The minimum absolute atomic E-state index is 0.0491. The van der Waals surface area contributed by atoms with Crippen molar-refractivity contribution in [1.82, 2.24) is 5.32 Å². The van der Waals surface area contributed by atoms with Crippen molar-refractivity contribution in [2.45, 2.75) is 22.8 Å². The fourth-order valence-corrected chi connectivity index (χ4v) is 4.21. The Bertz CT molecular complexity index is 881. The zero-order valence-electron chi connectivity index (χ0n) is 14.6. The van der Waals surface area contributed by atoms with Gasteiger partial charge in [-0.3, -0.25) is 9.69 Å². The lowest BCUT2D eigenvalue weighted by atomic mass is 10.1. The van der Waals surface area contributed by atoms with Crippen molar-refractivity contribution < 1.29 is 4.79 Å². The predicted molar refractivity (Wildman–Crippen MR) is 107 cm³/mol. The van der Waals surface area contributed by atoms with Gasteiger partial charge in [0.15, 0.2) is 0 Å². The molecule has 0 saturated heterocycles. The van der Waals surface area contributed by atoms with Crippen LogP contribution in [-0.4, -0.2) is 12.5 Å². The number of carbonyl (C=O) groups is 1. The van der Waals surface area contributed by atoms with Gasteiger partial charge in [0.2, 0.25) is 5.91 Å². The van der Waals surface area contributed by atoms with Gasteiger partial charge in [0.1, 0.15) is 0 Å². The second-order valence-electron chi connectivity index (χ2n) is 6.28. The molecule has 1 aliphatic rings. The lowest BCUT2D eigenvalue weighted by molar-refractivity contribution is -0.117. The molecule has 3 aromatic rings. The summed E-state index contributed by atoms with van der Waals surface area (Å²) in [6.45, 7) is 2.36. The summed E-state index contributed by atoms with van der Waals surface area (Å²) in [7, 11) is 0. The average Bonchev–Trinajstić information content (AvgIpc) is 2.70. The monoisotopic (exact) mass is 360 g/mol. The fourth-order valence-electron chi connectivity index (χ4n) is 3.15. The lowest BCUT2D eigenvalue weighted by Crippen LogP contribution is -2.37. The molecular formula is C22H20N2OS. The maximum Gasteiger partial charge on any atom is 0.245 e. The van der Waals surface area contributed by atoms with Crippen molar-refractivity contribution in [2.75, 3.05) is 11.4 Å². The van der Waals surface area contributed by atoms with Crippen LogP contribution < -0.4 is 10.2 Å². The van der Waals surface area contributed by atoms with Crippen LogP contribution in [0.2, 0.25) is 0 Å². The number of nitrogens with zero attached hydrogens (tertiary/aromatic N) is 1. The molecule has 0 fully saturated rings. The number of amides is 1. The SMILES string of the molecule is C[C@@H](NCC(=O)N1c2ccccc2Sc2ccccc21)c1ccccc1. The Hall–Kier alpha value is -2.56. The standard InChI is InChI=1S/C22H20N2OS/c1-16(17-9-3-2-4-10-17)23-15-22(25)24-18-11-5-7-13-20(18)26-21-14-8-6-12-19(21)24/h2-14,16,23H,15H2,1H3/t16-/m1/s1. The summed E-state index contributed by atoms with van der Waals surface area (Å²) >= 11 is 1.71. The molecule has 4 rings (SSSR count). The number of benzene rings is 3. The molecule has 1 aliphatic heterocycles. The van der Waals surface area contributed by atoms with Gasteiger partial charge in [0.25, 0.3) is 0 Å². The molecule has 1 N–H and O–H groups in total. The van der Waals surface area contributed by atoms with E-state index in [1.54, 1.807) is 11.8 Å². The Morgan fingerprint density at radius 2 is 1.42 bits per heavy atom. The van der Waals surface area contributed by atoms with Crippen molar-refractivity contribution >= 4 is 29.0 Å². The third-order valence-electron chi connectivity index (χ3n) is 4.54. The number of hydrogen-bond acceptors (Lipinski definition) is 3. The summed E-state index contributed by atoms with van der Waals surface area (Å²) in [6.07, 6.45) is 0. The van der Waals surface area contributed by atoms with Crippen molar-refractivity contribution in [1.29, 1.82) is 0 Å². The fraction of sp³-hybridized carbons (Fsp3) is 0.136. The Morgan fingerprint density at radius 3 is 2.04 bits per heavy atom. The first kappa shape index (κ1) is 16.9. The smallest absolute Gasteiger partial charge is 0.245 e. The first-order chi connectivity index (χ1) is 12.7. The molecule has 26 heavy (non-hydrogen) atoms. The van der Waals surface area contributed by atoms with Gasteiger partial charge >= 0.3 is 0 Å². The number of rotatable bonds is 4. The number of fused-ring (bicyclic) bond motifs is 2. The normalized spacial score (nSPS) is 13.7. The third kappa shape index (κ3) is 3.26. The highest BCUT2D eigenvalue weighted by atomic mass is 32.2. The van der Waals surface area contributed by atoms with Gasteiger partial charge in [-0.2, -0.15) is 0 Å². The van der Waals surface area contributed by atoms with E-state index in [1.807, 2.05) is 59.5 Å². The van der Waals surface area contributed by atoms with Gasteiger partial charge in [-0.15, -0.1) is 0 Å². The van der Waals surface area contributed by atoms with E-state index in [9.17, 15) is 4.79 Å². The van der Waals surface area contributed by atoms with Crippen LogP contribution in [0.5, 0.6) is 0 Å². The van der Waals surface area contributed by atoms with Crippen LogP contribution in [0.25, 0.3) is 0 Å². The first-order valence-electron chi connectivity index (χ1n) is 8.71. The van der Waals surface area contributed by atoms with Crippen LogP contribution in [-0.2, 0) is 4.79 Å². The van der Waals surface area contributed by atoms with Crippen LogP contribution in [0.15, 0.2) is 88.7 Å². The molecule has 0 saturated carbocycles. The Labute approximate surface area is 158 Å². The number of hydrogen-bond donors (Lipinski definition) is 1. The Kier molecular flexibility index (Phi) is 4.78. The Balaban J connectivity index is 1.58. The van der Waals surface area contributed by atoms with E-state index in [1.165, 1.54) is 5.56 Å². The largest absolute Gasteiger partial charge is 0.302 e. The molecule has 1 amide bonds. The van der Waals surface area contributed by atoms with E-state index in [-0.39, 0.29) is 18.5 Å². The molecule has 0 unspecified atom stereocenters. The van der Waals surface area contributed by atoms with Gasteiger partial charge in [-0.1, -0.05) is 66.4 Å². The van der Waals surface area contributed by atoms with E-state index in [0.717, 1.165) is 21.2 Å². The average molecular weight is 360 g/mol. The van der Waals surface area contributed by atoms with E-state index < -0.39 is 0 Å². The maximum atomic E-state index is 13.1. The highest BCUT2D eigenvalue weighted by molar-refractivity contribution is 7.99. The quantitative estimate of drug-likeness (QED) is 0.697. The van der Waals surface area contributed by atoms with E-state index in [0.29, 0.717) is 0 Å². The maximum absolute atomic E-state index is 13.1. The van der Waals surface area contributed by atoms with Crippen LogP contribution >= 0.6 is 11.8 Å². The highest BCUT2D eigenvalue weighted by Crippen LogP contribution is 2.47. The van der Waals surface area contributed by atoms with Crippen molar-refractivity contribution in [3.05, 3.63) is 84.4 Å². The number of para-hydroxylation sites is 2. The second-order valence-corrected chi connectivity index (χ2v) is 7.36. The molecule has 0 aromatic heterocycles. The van der Waals surface area contributed by atoms with E-state index in [2.05, 4.69) is 36.5 Å². The van der Waals surface area contributed by atoms with Gasteiger partial charge in [-0.05, 0) is 36.8 Å². The summed E-state index contributed by atoms with van der Waals surface area (Å²) < 4.78 is 0. The van der Waals surface area contributed by atoms with Crippen molar-refractivity contribution in [3.8, 4) is 0 Å². The number of carbonyl (C=O) groups excluding carboxylic acids is 1. The lowest BCUT2D eigenvalue weighted by Gasteiger charge is -2.31. The number of anilines is 2. The van der Waals surface area contributed by atoms with Crippen LogP contribution in [0, 0.1) is 0 Å². The second kappa shape index (κ2) is 7.36. The zero-order chi connectivity index (χ0) is 17.9. The Morgan fingerprint density at radius 1 is 0.885 bits per heavy atom. The molecule has 130 valence electrons. The molecule has 0 bridgehead atoms. The van der Waals surface area contributed by atoms with Crippen LogP contribution in [0.1, 0.15) is 18.5 Å². The topological polar surface area (TPSA) is 32.3 Å². The summed E-state index contributed by atoms with van der Waals surface area (Å²) in [5.74, 6) is 0.0491. The van der Waals surface area contributed by atoms with Crippen LogP contribution in [0.4, 0.5) is 11.4 Å². The molecule has 0 spiro atoms. The van der Waals surface area contributed by atoms with Crippen molar-refractivity contribution in [3.63, 3.8) is 0 Å². The van der Waals surface area contributed by atoms with Gasteiger partial charge in [0, 0.05) is 15.8 Å². The third-order valence-corrected chi connectivity index (χ3v) is 5.67. The summed E-state index contributed by atoms with van der Waals surface area (Å²) in [5, 5.41) is 3.36. The minimum atomic E-state index is 0.0491. The number of nitrogens with one attached hydrogen (secondary N) is 1. The molecular weight excluding hydrogens is 340 g/mol.